The minimum Gasteiger partial charge on any atom is -0.507 e. The number of pyridine rings is 2. The van der Waals surface area contributed by atoms with Crippen LogP contribution in [-0.2, 0) is 14.1 Å². The van der Waals surface area contributed by atoms with Crippen molar-refractivity contribution in [2.45, 2.75) is 12.5 Å². The number of ether oxygens (including phenoxy) is 4. The summed E-state index contributed by atoms with van der Waals surface area (Å²) in [5, 5.41) is 43.5. The molecule has 0 amide bonds. The fourth-order valence-corrected chi connectivity index (χ4v) is 6.59. The Morgan fingerprint density at radius 2 is 1.45 bits per heavy atom. The Balaban J connectivity index is 1.38. The lowest BCUT2D eigenvalue weighted by Crippen LogP contribution is -2.40. The molecule has 12 heteroatoms. The SMILES string of the molecule is COc1cc(O)c2c(=O)c3ccc4c(c3n(C)c2c1OC)OC[C@@](C)(C=Cc1c(O)cc(O)c2c(=O)c3cccc(O)c3n(C)c12)O4. The normalized spacial score (nSPS) is 16.1. The van der Waals surface area contributed by atoms with Crippen LogP contribution in [0.4, 0.5) is 0 Å². The number of methoxy groups -OCH3 is 2. The van der Waals surface area contributed by atoms with Crippen molar-refractivity contribution in [3.63, 3.8) is 0 Å². The smallest absolute Gasteiger partial charge is 0.201 e. The predicted octanol–water partition coefficient (Wildman–Crippen LogP) is 4.78. The van der Waals surface area contributed by atoms with Gasteiger partial charge in [-0.05, 0) is 43.3 Å². The number of aryl methyl sites for hydroxylation is 2. The number of hydrogen-bond donors (Lipinski definition) is 4. The Labute approximate surface area is 266 Å². The van der Waals surface area contributed by atoms with Gasteiger partial charge in [0.05, 0.1) is 52.3 Å². The molecule has 0 radical (unpaired) electrons. The number of rotatable bonds is 4. The van der Waals surface area contributed by atoms with Gasteiger partial charge < -0.3 is 48.5 Å². The molecule has 12 nitrogen and oxygen atoms in total. The predicted molar refractivity (Wildman–Crippen MR) is 177 cm³/mol. The van der Waals surface area contributed by atoms with Gasteiger partial charge in [-0.3, -0.25) is 9.59 Å². The Morgan fingerprint density at radius 1 is 0.787 bits per heavy atom. The zero-order valence-electron chi connectivity index (χ0n) is 26.0. The lowest BCUT2D eigenvalue weighted by atomic mass is 9.99. The molecule has 240 valence electrons. The van der Waals surface area contributed by atoms with E-state index in [1.54, 1.807) is 66.6 Å². The van der Waals surface area contributed by atoms with Crippen LogP contribution in [0.3, 0.4) is 0 Å². The minimum atomic E-state index is -1.09. The molecule has 0 unspecified atom stereocenters. The maximum Gasteiger partial charge on any atom is 0.201 e. The van der Waals surface area contributed by atoms with Crippen LogP contribution in [0, 0.1) is 0 Å². The molecule has 0 aliphatic carbocycles. The molecule has 47 heavy (non-hydrogen) atoms. The van der Waals surface area contributed by atoms with E-state index in [1.165, 1.54) is 26.4 Å². The van der Waals surface area contributed by atoms with E-state index in [0.717, 1.165) is 6.07 Å². The summed E-state index contributed by atoms with van der Waals surface area (Å²) in [5.41, 5.74) is -0.623. The monoisotopic (exact) mass is 638 g/mol. The number of phenolic OH excluding ortho intramolecular Hbond substituents is 4. The van der Waals surface area contributed by atoms with Gasteiger partial charge in [-0.1, -0.05) is 6.07 Å². The second kappa shape index (κ2) is 10.2. The molecular weight excluding hydrogens is 608 g/mol. The van der Waals surface area contributed by atoms with Gasteiger partial charge in [0.15, 0.2) is 28.6 Å². The quantitative estimate of drug-likeness (QED) is 0.198. The van der Waals surface area contributed by atoms with Crippen molar-refractivity contribution < 1.29 is 39.4 Å². The third-order valence-electron chi connectivity index (χ3n) is 8.76. The van der Waals surface area contributed by atoms with Gasteiger partial charge in [-0.15, -0.1) is 0 Å². The second-order valence-electron chi connectivity index (χ2n) is 11.7. The van der Waals surface area contributed by atoms with Crippen LogP contribution in [0.25, 0.3) is 49.7 Å². The van der Waals surface area contributed by atoms with Crippen LogP contribution in [0.2, 0.25) is 0 Å². The highest BCUT2D eigenvalue weighted by molar-refractivity contribution is 6.04. The summed E-state index contributed by atoms with van der Waals surface area (Å²) >= 11 is 0. The highest BCUT2D eigenvalue weighted by Gasteiger charge is 2.34. The third kappa shape index (κ3) is 4.14. The maximum absolute atomic E-state index is 13.7. The van der Waals surface area contributed by atoms with Crippen LogP contribution in [0.15, 0.2) is 58.1 Å². The van der Waals surface area contributed by atoms with E-state index in [9.17, 15) is 30.0 Å². The third-order valence-corrected chi connectivity index (χ3v) is 8.76. The molecule has 4 aromatic carbocycles. The maximum atomic E-state index is 13.7. The van der Waals surface area contributed by atoms with Crippen molar-refractivity contribution >= 4 is 49.7 Å². The summed E-state index contributed by atoms with van der Waals surface area (Å²) in [5.74, 6) is 0.0785. The standard InChI is InChI=1S/C35H30N2O10/c1-35(12-11-16-20(39)13-21(40)25-28(16)36(2)27-17(31(25)42)7-6-8-19(27)38)15-46-34-23(47-35)10-9-18-29(34)37(3)30-26(32(18)43)22(41)14-24(44-4)33(30)45-5/h6-14,38-41H,15H2,1-5H3/t35-/m1/s1. The first-order valence-electron chi connectivity index (χ1n) is 14.5. The van der Waals surface area contributed by atoms with Gasteiger partial charge in [0, 0.05) is 31.8 Å². The van der Waals surface area contributed by atoms with Gasteiger partial charge >= 0.3 is 0 Å². The van der Waals surface area contributed by atoms with Crippen LogP contribution in [0.5, 0.6) is 46.0 Å². The van der Waals surface area contributed by atoms with Crippen molar-refractivity contribution in [2.75, 3.05) is 20.8 Å². The molecule has 3 heterocycles. The van der Waals surface area contributed by atoms with Crippen molar-refractivity contribution in [1.29, 1.82) is 0 Å². The molecule has 0 bridgehead atoms. The van der Waals surface area contributed by atoms with Crippen molar-refractivity contribution in [1.82, 2.24) is 9.13 Å². The Kier molecular flexibility index (Phi) is 6.46. The van der Waals surface area contributed by atoms with Crippen LogP contribution in [-0.4, -0.2) is 56.0 Å². The van der Waals surface area contributed by atoms with E-state index in [2.05, 4.69) is 0 Å². The molecule has 1 aliphatic rings. The average molecular weight is 639 g/mol. The summed E-state index contributed by atoms with van der Waals surface area (Å²) in [6.45, 7) is 1.75. The van der Waals surface area contributed by atoms with Crippen LogP contribution in [0.1, 0.15) is 12.5 Å². The number of aromatic nitrogens is 2. The van der Waals surface area contributed by atoms with E-state index in [0.29, 0.717) is 27.9 Å². The molecule has 0 spiro atoms. The number of nitrogens with zero attached hydrogens (tertiary/aromatic N) is 2. The van der Waals surface area contributed by atoms with Gasteiger partial charge in [0.2, 0.25) is 10.9 Å². The van der Waals surface area contributed by atoms with Crippen LogP contribution >= 0.6 is 0 Å². The number of hydrogen-bond acceptors (Lipinski definition) is 10. The summed E-state index contributed by atoms with van der Waals surface area (Å²) in [6.07, 6.45) is 3.23. The van der Waals surface area contributed by atoms with Crippen molar-refractivity contribution in [3.8, 4) is 46.0 Å². The first kappa shape index (κ1) is 29.7. The number of fused-ring (bicyclic) bond motifs is 6. The lowest BCUT2D eigenvalue weighted by Gasteiger charge is -2.34. The Bertz CT molecular complexity index is 2500. The zero-order valence-corrected chi connectivity index (χ0v) is 26.0. The fraction of sp³-hybridized carbons (Fsp3) is 0.200. The summed E-state index contributed by atoms with van der Waals surface area (Å²) in [7, 11) is 6.22. The highest BCUT2D eigenvalue weighted by atomic mass is 16.6. The van der Waals surface area contributed by atoms with E-state index in [-0.39, 0.29) is 68.1 Å². The topological polar surface area (TPSA) is 162 Å². The summed E-state index contributed by atoms with van der Waals surface area (Å²) in [4.78, 5) is 27.1. The van der Waals surface area contributed by atoms with Gasteiger partial charge in [-0.25, -0.2) is 0 Å². The summed E-state index contributed by atoms with van der Waals surface area (Å²) in [6, 6.07) is 10.2. The molecule has 0 fully saturated rings. The van der Waals surface area contributed by atoms with E-state index in [4.69, 9.17) is 18.9 Å². The fourth-order valence-electron chi connectivity index (χ4n) is 6.59. The van der Waals surface area contributed by atoms with Gasteiger partial charge in [0.1, 0.15) is 35.1 Å². The van der Waals surface area contributed by atoms with Gasteiger partial charge in [0.25, 0.3) is 0 Å². The molecule has 2 aromatic heterocycles. The van der Waals surface area contributed by atoms with Gasteiger partial charge in [-0.2, -0.15) is 0 Å². The van der Waals surface area contributed by atoms with E-state index < -0.39 is 22.2 Å². The van der Waals surface area contributed by atoms with E-state index in [1.807, 2.05) is 0 Å². The van der Waals surface area contributed by atoms with Crippen molar-refractivity contribution in [2.24, 2.45) is 14.1 Å². The first-order valence-corrected chi connectivity index (χ1v) is 14.5. The molecule has 6 aromatic rings. The molecule has 0 saturated heterocycles. The molecule has 1 atom stereocenters. The molecule has 7 rings (SSSR count). The zero-order chi connectivity index (χ0) is 33.5. The number of benzene rings is 4. The average Bonchev–Trinajstić information content (AvgIpc) is 3.04. The lowest BCUT2D eigenvalue weighted by molar-refractivity contribution is 0.0461. The minimum absolute atomic E-state index is 0.0121. The number of phenols is 4. The first-order chi connectivity index (χ1) is 22.4. The molecular formula is C35H30N2O10. The largest absolute Gasteiger partial charge is 0.507 e. The summed E-state index contributed by atoms with van der Waals surface area (Å²) < 4.78 is 26.9. The molecule has 4 N–H and O–H groups in total. The second-order valence-corrected chi connectivity index (χ2v) is 11.7. The van der Waals surface area contributed by atoms with Crippen LogP contribution < -0.4 is 29.8 Å². The molecule has 1 aliphatic heterocycles. The number of para-hydroxylation sites is 1. The van der Waals surface area contributed by atoms with Crippen molar-refractivity contribution in [3.05, 3.63) is 74.6 Å². The highest BCUT2D eigenvalue weighted by Crippen LogP contribution is 2.46. The van der Waals surface area contributed by atoms with E-state index >= 15 is 0 Å². The Hall–Kier alpha value is -6.04. The number of aromatic hydroxyl groups is 4. The molecule has 0 saturated carbocycles. The Morgan fingerprint density at radius 3 is 2.15 bits per heavy atom.